The molecule has 1 amide bonds. The summed E-state index contributed by atoms with van der Waals surface area (Å²) in [7, 11) is 0. The fourth-order valence-corrected chi connectivity index (χ4v) is 6.36. The fraction of sp³-hybridized carbons (Fsp3) is 0.605. The highest BCUT2D eigenvalue weighted by molar-refractivity contribution is 8.93. The van der Waals surface area contributed by atoms with E-state index in [1.807, 2.05) is 23.6 Å². The maximum Gasteiger partial charge on any atom is 0.227 e. The molecule has 0 N–H and O–H groups in total. The zero-order valence-electron chi connectivity index (χ0n) is 28.2. The van der Waals surface area contributed by atoms with E-state index in [-0.39, 0.29) is 28.3 Å². The minimum Gasteiger partial charge on any atom is -0.493 e. The topological polar surface area (TPSA) is 32.8 Å². The standard InChI is InChI=1S/C38H58N2O2S.BrH/c1-6-8-9-10-11-12-13-14-15-16-17-18-26-42-36-28-33(21-24-35(36)38(3,4)5)30-40(37(41)7-2)34-22-19-32(20-23-34)29-39-25-27-43-31-39;/h19-25,27-28H,6-18,26,29-31H2,1-5H3;1H. The van der Waals surface area contributed by atoms with Gasteiger partial charge in [0.05, 0.1) is 19.0 Å². The smallest absolute Gasteiger partial charge is 0.227 e. The van der Waals surface area contributed by atoms with Crippen LogP contribution in [0.2, 0.25) is 0 Å². The number of unbranched alkanes of at least 4 members (excludes halogenated alkanes) is 11. The van der Waals surface area contributed by atoms with Gasteiger partial charge in [-0.3, -0.25) is 4.79 Å². The molecule has 0 unspecified atom stereocenters. The van der Waals surface area contributed by atoms with Gasteiger partial charge >= 0.3 is 0 Å². The molecule has 2 aromatic rings. The third-order valence-corrected chi connectivity index (χ3v) is 9.09. The largest absolute Gasteiger partial charge is 0.493 e. The van der Waals surface area contributed by atoms with Crippen molar-refractivity contribution >= 4 is 40.3 Å². The number of carbonyl (C=O) groups is 1. The van der Waals surface area contributed by atoms with Crippen LogP contribution in [0.25, 0.3) is 0 Å². The fourth-order valence-electron chi connectivity index (χ4n) is 5.65. The van der Waals surface area contributed by atoms with Crippen molar-refractivity contribution in [3.05, 3.63) is 70.8 Å². The molecule has 3 rings (SSSR count). The predicted octanol–water partition coefficient (Wildman–Crippen LogP) is 11.6. The molecule has 0 aromatic heterocycles. The summed E-state index contributed by atoms with van der Waals surface area (Å²) < 4.78 is 6.43. The average Bonchev–Trinajstić information content (AvgIpc) is 3.51. The van der Waals surface area contributed by atoms with Gasteiger partial charge in [0.2, 0.25) is 5.91 Å². The molecule has 1 aliphatic heterocycles. The summed E-state index contributed by atoms with van der Waals surface area (Å²) in [6.07, 6.45) is 18.7. The van der Waals surface area contributed by atoms with Crippen molar-refractivity contribution in [1.29, 1.82) is 0 Å². The minimum atomic E-state index is -0.0117. The highest BCUT2D eigenvalue weighted by Crippen LogP contribution is 2.33. The Morgan fingerprint density at radius 1 is 0.841 bits per heavy atom. The van der Waals surface area contributed by atoms with Gasteiger partial charge in [0.15, 0.2) is 0 Å². The predicted molar refractivity (Wildman–Crippen MR) is 197 cm³/mol. The van der Waals surface area contributed by atoms with Gasteiger partial charge in [0.1, 0.15) is 5.75 Å². The molecule has 2 aromatic carbocycles. The molecule has 1 aliphatic rings. The number of halogens is 1. The van der Waals surface area contributed by atoms with Gasteiger partial charge in [0, 0.05) is 24.9 Å². The van der Waals surface area contributed by atoms with Crippen LogP contribution in [0.15, 0.2) is 54.1 Å². The highest BCUT2D eigenvalue weighted by Gasteiger charge is 2.21. The Balaban J connectivity index is 0.00000675. The lowest BCUT2D eigenvalue weighted by molar-refractivity contribution is -0.118. The summed E-state index contributed by atoms with van der Waals surface area (Å²) in [5.41, 5.74) is 4.51. The van der Waals surface area contributed by atoms with E-state index in [0.717, 1.165) is 42.4 Å². The summed E-state index contributed by atoms with van der Waals surface area (Å²) in [5.74, 6) is 2.09. The average molecular weight is 688 g/mol. The molecule has 0 radical (unpaired) electrons. The van der Waals surface area contributed by atoms with E-state index in [2.05, 4.69) is 86.7 Å². The number of ether oxygens (including phenoxy) is 1. The molecule has 1 heterocycles. The number of amides is 1. The number of nitrogens with zero attached hydrogens (tertiary/aromatic N) is 2. The molecule has 0 saturated carbocycles. The van der Waals surface area contributed by atoms with E-state index in [0.29, 0.717) is 13.0 Å². The molecule has 246 valence electrons. The summed E-state index contributed by atoms with van der Waals surface area (Å²) in [6, 6.07) is 15.0. The van der Waals surface area contributed by atoms with Crippen LogP contribution in [0, 0.1) is 0 Å². The van der Waals surface area contributed by atoms with Crippen LogP contribution in [0.5, 0.6) is 5.75 Å². The van der Waals surface area contributed by atoms with Crippen LogP contribution in [-0.2, 0) is 23.3 Å². The van der Waals surface area contributed by atoms with Crippen molar-refractivity contribution in [2.75, 3.05) is 17.4 Å². The summed E-state index contributed by atoms with van der Waals surface area (Å²) in [6.45, 7) is 13.1. The molecule has 4 nitrogen and oxygen atoms in total. The van der Waals surface area contributed by atoms with Gasteiger partial charge in [-0.1, -0.05) is 130 Å². The molecular weight excluding hydrogens is 628 g/mol. The lowest BCUT2D eigenvalue weighted by Crippen LogP contribution is -2.29. The van der Waals surface area contributed by atoms with Crippen molar-refractivity contribution in [2.24, 2.45) is 0 Å². The Labute approximate surface area is 284 Å². The number of anilines is 1. The molecule has 0 fully saturated rings. The lowest BCUT2D eigenvalue weighted by Gasteiger charge is -2.26. The SMILES string of the molecule is Br.CCCCCCCCCCCCCCOc1cc(CN(C(=O)CC)c2ccc(CN3C=CSC3)cc2)ccc1C(C)(C)C. The normalized spacial score (nSPS) is 12.8. The van der Waals surface area contributed by atoms with Crippen LogP contribution in [0.3, 0.4) is 0 Å². The third-order valence-electron chi connectivity index (χ3n) is 8.30. The number of carbonyl (C=O) groups excluding carboxylic acids is 1. The zero-order chi connectivity index (χ0) is 30.9. The molecule has 0 saturated heterocycles. The maximum absolute atomic E-state index is 13.1. The van der Waals surface area contributed by atoms with Gasteiger partial charge in [-0.25, -0.2) is 0 Å². The Kier molecular flexibility index (Phi) is 18.2. The Morgan fingerprint density at radius 3 is 1.98 bits per heavy atom. The van der Waals surface area contributed by atoms with Gasteiger partial charge < -0.3 is 14.5 Å². The summed E-state index contributed by atoms with van der Waals surface area (Å²) in [5, 5.41) is 2.14. The first-order valence-corrected chi connectivity index (χ1v) is 18.0. The highest BCUT2D eigenvalue weighted by atomic mass is 79.9. The molecule has 0 bridgehead atoms. The van der Waals surface area contributed by atoms with Crippen LogP contribution >= 0.6 is 28.7 Å². The Hall–Kier alpha value is -1.92. The van der Waals surface area contributed by atoms with Crippen molar-refractivity contribution in [1.82, 2.24) is 4.90 Å². The quantitative estimate of drug-likeness (QED) is 0.130. The number of hydrogen-bond acceptors (Lipinski definition) is 4. The van der Waals surface area contributed by atoms with Crippen molar-refractivity contribution in [2.45, 2.75) is 137 Å². The monoisotopic (exact) mass is 686 g/mol. The molecule has 0 aliphatic carbocycles. The second kappa shape index (κ2) is 21.0. The number of rotatable bonds is 20. The van der Waals surface area contributed by atoms with Crippen LogP contribution in [-0.4, -0.2) is 23.3 Å². The first-order chi connectivity index (χ1) is 20.8. The second-order valence-electron chi connectivity index (χ2n) is 13.1. The molecular formula is C38H59BrN2O2S. The van der Waals surface area contributed by atoms with Crippen LogP contribution < -0.4 is 9.64 Å². The van der Waals surface area contributed by atoms with Crippen molar-refractivity contribution in [3.63, 3.8) is 0 Å². The minimum absolute atomic E-state index is 0. The number of benzene rings is 2. The Morgan fingerprint density at radius 2 is 1.43 bits per heavy atom. The van der Waals surface area contributed by atoms with Crippen LogP contribution in [0.1, 0.15) is 135 Å². The third kappa shape index (κ3) is 13.6. The van der Waals surface area contributed by atoms with Gasteiger partial charge in [-0.05, 0) is 52.1 Å². The van der Waals surface area contributed by atoms with E-state index >= 15 is 0 Å². The molecule has 0 atom stereocenters. The molecule has 44 heavy (non-hydrogen) atoms. The van der Waals surface area contributed by atoms with E-state index in [1.54, 1.807) is 0 Å². The van der Waals surface area contributed by atoms with Gasteiger partial charge in [-0.2, -0.15) is 0 Å². The van der Waals surface area contributed by atoms with Gasteiger partial charge in [0.25, 0.3) is 0 Å². The lowest BCUT2D eigenvalue weighted by atomic mass is 9.85. The molecule has 6 heteroatoms. The first kappa shape index (κ1) is 38.3. The summed E-state index contributed by atoms with van der Waals surface area (Å²) >= 11 is 1.82. The van der Waals surface area contributed by atoms with Crippen molar-refractivity contribution < 1.29 is 9.53 Å². The van der Waals surface area contributed by atoms with Crippen molar-refractivity contribution in [3.8, 4) is 5.75 Å². The maximum atomic E-state index is 13.1. The zero-order valence-corrected chi connectivity index (χ0v) is 30.8. The van der Waals surface area contributed by atoms with E-state index in [1.165, 1.54) is 81.8 Å². The van der Waals surface area contributed by atoms with E-state index in [9.17, 15) is 4.79 Å². The number of hydrogen-bond donors (Lipinski definition) is 0. The summed E-state index contributed by atoms with van der Waals surface area (Å²) in [4.78, 5) is 17.3. The van der Waals surface area contributed by atoms with Crippen LogP contribution in [0.4, 0.5) is 5.69 Å². The van der Waals surface area contributed by atoms with Gasteiger partial charge in [-0.15, -0.1) is 28.7 Å². The number of thioether (sulfide) groups is 1. The Bertz CT molecular complexity index is 1110. The first-order valence-electron chi connectivity index (χ1n) is 17.0. The molecule has 0 spiro atoms. The second-order valence-corrected chi connectivity index (χ2v) is 14.0. The van der Waals surface area contributed by atoms with E-state index < -0.39 is 0 Å². The van der Waals surface area contributed by atoms with E-state index in [4.69, 9.17) is 4.74 Å².